The molecule has 1 amide bonds. The van der Waals surface area contributed by atoms with E-state index < -0.39 is 18.0 Å². The van der Waals surface area contributed by atoms with Gasteiger partial charge in [-0.3, -0.25) is 20.6 Å². The van der Waals surface area contributed by atoms with E-state index in [9.17, 15) is 9.59 Å². The maximum Gasteiger partial charge on any atom is 0.323 e. The van der Waals surface area contributed by atoms with Gasteiger partial charge in [0.2, 0.25) is 0 Å². The van der Waals surface area contributed by atoms with Crippen molar-refractivity contribution in [3.8, 4) is 0 Å². The SMILES string of the molecule is CCOC(=O)[C@H](CCc1ccccc1)N[C@@H](C)C([NH])=O. The molecule has 0 aromatic heterocycles. The fourth-order valence-corrected chi connectivity index (χ4v) is 1.85. The van der Waals surface area contributed by atoms with Crippen LogP contribution in [0.15, 0.2) is 30.3 Å². The molecule has 0 bridgehead atoms. The third-order valence-electron chi connectivity index (χ3n) is 2.98. The molecule has 0 aliphatic heterocycles. The maximum atomic E-state index is 11.9. The van der Waals surface area contributed by atoms with Crippen LogP contribution in [-0.2, 0) is 20.7 Å². The second kappa shape index (κ2) is 8.32. The van der Waals surface area contributed by atoms with E-state index in [4.69, 9.17) is 10.5 Å². The number of hydrogen-bond donors (Lipinski definition) is 1. The summed E-state index contributed by atoms with van der Waals surface area (Å²) in [7, 11) is 0. The molecule has 20 heavy (non-hydrogen) atoms. The van der Waals surface area contributed by atoms with Crippen molar-refractivity contribution in [1.82, 2.24) is 11.1 Å². The first-order valence-electron chi connectivity index (χ1n) is 6.76. The summed E-state index contributed by atoms with van der Waals surface area (Å²) in [5.74, 6) is -1.12. The number of benzene rings is 1. The fraction of sp³-hybridized carbons (Fsp3) is 0.467. The predicted octanol–water partition coefficient (Wildman–Crippen LogP) is 1.34. The minimum absolute atomic E-state index is 0.297. The lowest BCUT2D eigenvalue weighted by molar-refractivity contribution is -0.146. The number of amides is 1. The van der Waals surface area contributed by atoms with Crippen molar-refractivity contribution in [2.75, 3.05) is 6.61 Å². The molecular formula is C15H21N2O3. The second-order valence-electron chi connectivity index (χ2n) is 4.58. The second-order valence-corrected chi connectivity index (χ2v) is 4.58. The van der Waals surface area contributed by atoms with Gasteiger partial charge < -0.3 is 4.74 Å². The van der Waals surface area contributed by atoms with Gasteiger partial charge in [-0.15, -0.1) is 0 Å². The third-order valence-corrected chi connectivity index (χ3v) is 2.98. The van der Waals surface area contributed by atoms with Crippen LogP contribution in [0.1, 0.15) is 25.8 Å². The Morgan fingerprint density at radius 2 is 1.95 bits per heavy atom. The number of carbonyl (C=O) groups is 2. The summed E-state index contributed by atoms with van der Waals surface area (Å²) in [6.07, 6.45) is 1.23. The Kier molecular flexibility index (Phi) is 6.73. The Morgan fingerprint density at radius 3 is 2.50 bits per heavy atom. The van der Waals surface area contributed by atoms with Crippen LogP contribution in [0.3, 0.4) is 0 Å². The van der Waals surface area contributed by atoms with Crippen LogP contribution in [0, 0.1) is 0 Å². The molecule has 2 atom stereocenters. The van der Waals surface area contributed by atoms with E-state index in [1.165, 1.54) is 0 Å². The third kappa shape index (κ3) is 5.40. The van der Waals surface area contributed by atoms with E-state index in [2.05, 4.69) is 5.32 Å². The molecular weight excluding hydrogens is 256 g/mol. The van der Waals surface area contributed by atoms with Crippen molar-refractivity contribution in [1.29, 1.82) is 0 Å². The molecule has 0 saturated heterocycles. The summed E-state index contributed by atoms with van der Waals surface area (Å²) in [6, 6.07) is 8.55. The van der Waals surface area contributed by atoms with E-state index in [1.54, 1.807) is 13.8 Å². The quantitative estimate of drug-likeness (QED) is 0.727. The Hall–Kier alpha value is -1.88. The fourth-order valence-electron chi connectivity index (χ4n) is 1.85. The zero-order chi connectivity index (χ0) is 15.0. The van der Waals surface area contributed by atoms with Gasteiger partial charge in [0.25, 0.3) is 5.91 Å². The van der Waals surface area contributed by atoms with Gasteiger partial charge >= 0.3 is 5.97 Å². The van der Waals surface area contributed by atoms with E-state index in [0.717, 1.165) is 5.56 Å². The van der Waals surface area contributed by atoms with Crippen LogP contribution in [0.4, 0.5) is 0 Å². The summed E-state index contributed by atoms with van der Waals surface area (Å²) >= 11 is 0. The number of carbonyl (C=O) groups excluding carboxylic acids is 2. The Balaban J connectivity index is 2.62. The smallest absolute Gasteiger partial charge is 0.323 e. The monoisotopic (exact) mass is 277 g/mol. The van der Waals surface area contributed by atoms with Crippen molar-refractivity contribution < 1.29 is 14.3 Å². The maximum absolute atomic E-state index is 11.9. The minimum atomic E-state index is -0.737. The lowest BCUT2D eigenvalue weighted by Crippen LogP contribution is -2.46. The number of esters is 1. The van der Waals surface area contributed by atoms with E-state index in [1.807, 2.05) is 30.3 Å². The molecule has 0 saturated carbocycles. The van der Waals surface area contributed by atoms with Crippen molar-refractivity contribution >= 4 is 11.9 Å². The normalized spacial score (nSPS) is 13.5. The molecule has 1 aromatic carbocycles. The lowest BCUT2D eigenvalue weighted by Gasteiger charge is -2.20. The van der Waals surface area contributed by atoms with Crippen molar-refractivity contribution in [3.05, 3.63) is 35.9 Å². The molecule has 1 radical (unpaired) electrons. The number of hydrogen-bond acceptors (Lipinski definition) is 4. The van der Waals surface area contributed by atoms with Crippen LogP contribution in [0.2, 0.25) is 0 Å². The van der Waals surface area contributed by atoms with Gasteiger partial charge in [0, 0.05) is 0 Å². The molecule has 109 valence electrons. The van der Waals surface area contributed by atoms with Crippen LogP contribution >= 0.6 is 0 Å². The zero-order valence-electron chi connectivity index (χ0n) is 11.9. The molecule has 5 heteroatoms. The summed E-state index contributed by atoms with van der Waals surface area (Å²) in [5.41, 5.74) is 8.18. The molecule has 0 spiro atoms. The van der Waals surface area contributed by atoms with E-state index >= 15 is 0 Å². The molecule has 0 fully saturated rings. The van der Waals surface area contributed by atoms with Crippen LogP contribution in [-0.4, -0.2) is 30.6 Å². The van der Waals surface area contributed by atoms with Gasteiger partial charge in [-0.05, 0) is 32.3 Å². The Morgan fingerprint density at radius 1 is 1.30 bits per heavy atom. The molecule has 0 heterocycles. The Bertz CT molecular complexity index is 434. The molecule has 1 rings (SSSR count). The molecule has 5 nitrogen and oxygen atoms in total. The lowest BCUT2D eigenvalue weighted by atomic mass is 10.0. The zero-order valence-corrected chi connectivity index (χ0v) is 11.9. The van der Waals surface area contributed by atoms with Crippen LogP contribution in [0.25, 0.3) is 0 Å². The van der Waals surface area contributed by atoms with Gasteiger partial charge in [0.15, 0.2) is 0 Å². The number of rotatable bonds is 8. The summed E-state index contributed by atoms with van der Waals surface area (Å²) in [4.78, 5) is 22.9. The largest absolute Gasteiger partial charge is 0.465 e. The van der Waals surface area contributed by atoms with Gasteiger partial charge in [0.1, 0.15) is 6.04 Å². The van der Waals surface area contributed by atoms with Crippen molar-refractivity contribution in [2.24, 2.45) is 0 Å². The predicted molar refractivity (Wildman–Crippen MR) is 75.9 cm³/mol. The molecule has 0 unspecified atom stereocenters. The molecule has 1 aromatic rings. The van der Waals surface area contributed by atoms with Crippen molar-refractivity contribution in [3.63, 3.8) is 0 Å². The van der Waals surface area contributed by atoms with E-state index in [-0.39, 0.29) is 5.97 Å². The minimum Gasteiger partial charge on any atom is -0.465 e. The highest BCUT2D eigenvalue weighted by atomic mass is 16.5. The average molecular weight is 277 g/mol. The van der Waals surface area contributed by atoms with Gasteiger partial charge in [-0.1, -0.05) is 30.3 Å². The number of nitrogens with one attached hydrogen (secondary N) is 2. The standard InChI is InChI=1S/C15H21N2O3/c1-3-20-15(19)13(17-11(2)14(16)18)10-9-12-7-5-4-6-8-12/h4-8,11,13,16-17H,3,9-10H2,1-2H3/t11-,13-/m0/s1. The van der Waals surface area contributed by atoms with Crippen LogP contribution < -0.4 is 11.1 Å². The molecule has 0 aliphatic carbocycles. The summed E-state index contributed by atoms with van der Waals surface area (Å²) in [5, 5.41) is 2.86. The summed E-state index contributed by atoms with van der Waals surface area (Å²) < 4.78 is 5.00. The van der Waals surface area contributed by atoms with Gasteiger partial charge in [0.05, 0.1) is 12.6 Å². The number of ether oxygens (including phenoxy) is 1. The summed E-state index contributed by atoms with van der Waals surface area (Å²) in [6.45, 7) is 3.61. The highest BCUT2D eigenvalue weighted by Crippen LogP contribution is 2.07. The van der Waals surface area contributed by atoms with Gasteiger partial charge in [-0.2, -0.15) is 0 Å². The van der Waals surface area contributed by atoms with Crippen molar-refractivity contribution in [2.45, 2.75) is 38.8 Å². The topological polar surface area (TPSA) is 79.2 Å². The van der Waals surface area contributed by atoms with Gasteiger partial charge in [-0.25, -0.2) is 0 Å². The first kappa shape index (κ1) is 16.2. The first-order valence-corrected chi connectivity index (χ1v) is 6.76. The highest BCUT2D eigenvalue weighted by molar-refractivity contribution is 5.81. The molecule has 2 N–H and O–H groups in total. The first-order chi connectivity index (χ1) is 9.54. The average Bonchev–Trinajstić information content (AvgIpc) is 2.44. The van der Waals surface area contributed by atoms with Crippen LogP contribution in [0.5, 0.6) is 0 Å². The number of aryl methyl sites for hydroxylation is 1. The Labute approximate surface area is 119 Å². The molecule has 0 aliphatic rings. The van der Waals surface area contributed by atoms with E-state index in [0.29, 0.717) is 19.4 Å². The highest BCUT2D eigenvalue weighted by Gasteiger charge is 2.23.